The minimum atomic E-state index is -0.460. The van der Waals surface area contributed by atoms with E-state index in [0.717, 1.165) is 18.6 Å². The van der Waals surface area contributed by atoms with Crippen LogP contribution in [0.4, 0.5) is 4.79 Å². The first-order chi connectivity index (χ1) is 13.0. The van der Waals surface area contributed by atoms with Crippen LogP contribution in [0.3, 0.4) is 0 Å². The number of rotatable bonds is 3. The van der Waals surface area contributed by atoms with Crippen molar-refractivity contribution in [2.24, 2.45) is 0 Å². The lowest BCUT2D eigenvalue weighted by Gasteiger charge is -2.43. The van der Waals surface area contributed by atoms with Gasteiger partial charge in [0.05, 0.1) is 25.0 Å². The molecule has 0 radical (unpaired) electrons. The molecule has 2 atom stereocenters. The second kappa shape index (κ2) is 7.02. The van der Waals surface area contributed by atoms with Gasteiger partial charge in [0, 0.05) is 18.5 Å². The molecule has 6 heteroatoms. The molecule has 0 saturated carbocycles. The van der Waals surface area contributed by atoms with Crippen LogP contribution in [-0.4, -0.2) is 54.2 Å². The van der Waals surface area contributed by atoms with Crippen LogP contribution in [0.25, 0.3) is 0 Å². The van der Waals surface area contributed by atoms with Gasteiger partial charge in [-0.05, 0) is 50.2 Å². The number of fused-ring (bicyclic) bond motifs is 2. The Morgan fingerprint density at radius 3 is 2.67 bits per heavy atom. The molecule has 0 unspecified atom stereocenters. The van der Waals surface area contributed by atoms with Gasteiger partial charge < -0.3 is 24.6 Å². The van der Waals surface area contributed by atoms with Crippen LogP contribution in [0.2, 0.25) is 0 Å². The summed E-state index contributed by atoms with van der Waals surface area (Å²) in [6.45, 7) is 1.66. The van der Waals surface area contributed by atoms with Crippen molar-refractivity contribution >= 4 is 6.03 Å². The molecule has 2 heterocycles. The predicted molar refractivity (Wildman–Crippen MR) is 102 cm³/mol. The van der Waals surface area contributed by atoms with Crippen molar-refractivity contribution < 1.29 is 14.3 Å². The minimum absolute atomic E-state index is 0.000490. The van der Waals surface area contributed by atoms with Crippen molar-refractivity contribution in [2.45, 2.75) is 36.9 Å². The Morgan fingerprint density at radius 1 is 1.26 bits per heavy atom. The highest BCUT2D eigenvalue weighted by atomic mass is 16.3. The number of piperidine rings is 1. The summed E-state index contributed by atoms with van der Waals surface area (Å²) in [7, 11) is 4.03. The van der Waals surface area contributed by atoms with Crippen LogP contribution in [0.1, 0.15) is 35.8 Å². The highest BCUT2D eigenvalue weighted by molar-refractivity contribution is 5.74. The maximum Gasteiger partial charge on any atom is 0.317 e. The number of nitrogens with one attached hydrogen (secondary N) is 1. The van der Waals surface area contributed by atoms with Gasteiger partial charge in [0.25, 0.3) is 0 Å². The number of benzene rings is 1. The molecule has 2 aliphatic rings. The van der Waals surface area contributed by atoms with Crippen LogP contribution in [0.5, 0.6) is 0 Å². The molecule has 1 aliphatic heterocycles. The third kappa shape index (κ3) is 3.03. The van der Waals surface area contributed by atoms with Crippen LogP contribution in [-0.2, 0) is 12.0 Å². The number of amides is 2. The summed E-state index contributed by atoms with van der Waals surface area (Å²) in [5.41, 5.74) is 2.18. The predicted octanol–water partition coefficient (Wildman–Crippen LogP) is 2.50. The molecule has 1 aliphatic carbocycles. The first-order valence-electron chi connectivity index (χ1n) is 9.52. The monoisotopic (exact) mass is 369 g/mol. The van der Waals surface area contributed by atoms with Crippen molar-refractivity contribution in [3.05, 3.63) is 59.5 Å². The first kappa shape index (κ1) is 18.1. The summed E-state index contributed by atoms with van der Waals surface area (Å²) in [6, 6.07) is 11.9. The van der Waals surface area contributed by atoms with E-state index in [2.05, 4.69) is 22.3 Å². The third-order valence-corrected chi connectivity index (χ3v) is 6.17. The number of likely N-dealkylation sites (tertiary alicyclic amines) is 1. The zero-order chi connectivity index (χ0) is 19.0. The van der Waals surface area contributed by atoms with E-state index >= 15 is 0 Å². The van der Waals surface area contributed by atoms with Gasteiger partial charge in [-0.2, -0.15) is 0 Å². The van der Waals surface area contributed by atoms with E-state index in [-0.39, 0.29) is 17.5 Å². The van der Waals surface area contributed by atoms with Gasteiger partial charge >= 0.3 is 6.03 Å². The molecule has 1 aromatic heterocycles. The number of aliphatic hydroxyl groups excluding tert-OH is 1. The molecule has 1 spiro atoms. The lowest BCUT2D eigenvalue weighted by molar-refractivity contribution is 0.00223. The van der Waals surface area contributed by atoms with E-state index < -0.39 is 6.10 Å². The van der Waals surface area contributed by atoms with E-state index in [9.17, 15) is 9.90 Å². The Bertz CT molecular complexity index is 795. The molecule has 6 nitrogen and oxygen atoms in total. The normalized spacial score (nSPS) is 23.6. The van der Waals surface area contributed by atoms with Crippen molar-refractivity contribution in [1.29, 1.82) is 0 Å². The van der Waals surface area contributed by atoms with Gasteiger partial charge in [-0.3, -0.25) is 0 Å². The smallest absolute Gasteiger partial charge is 0.317 e. The average Bonchev–Trinajstić information content (AvgIpc) is 3.27. The summed E-state index contributed by atoms with van der Waals surface area (Å²) in [4.78, 5) is 16.4. The zero-order valence-electron chi connectivity index (χ0n) is 15.9. The summed E-state index contributed by atoms with van der Waals surface area (Å²) in [5, 5.41) is 14.1. The molecule has 1 saturated heterocycles. The Kier molecular flexibility index (Phi) is 4.70. The van der Waals surface area contributed by atoms with E-state index in [1.54, 1.807) is 6.26 Å². The molecule has 2 amide bonds. The molecule has 2 N–H and O–H groups in total. The van der Waals surface area contributed by atoms with E-state index in [1.807, 2.05) is 43.3 Å². The number of hydrogen-bond donors (Lipinski definition) is 2. The van der Waals surface area contributed by atoms with Gasteiger partial charge in [0.15, 0.2) is 0 Å². The standard InChI is InChI=1S/C21H27N3O3/c1-23(2)18-16-7-3-4-8-17(16)21(19(18)25)9-11-24(12-10-21)20(26)22-14-15-6-5-13-27-15/h3-8,13,18-19,25H,9-12,14H2,1-2H3,(H,22,26)/t18-,19+/m1/s1. The summed E-state index contributed by atoms with van der Waals surface area (Å²) >= 11 is 0. The van der Waals surface area contributed by atoms with E-state index in [4.69, 9.17) is 4.42 Å². The molecular formula is C21H27N3O3. The van der Waals surface area contributed by atoms with Crippen molar-refractivity contribution in [3.8, 4) is 0 Å². The number of nitrogens with zero attached hydrogens (tertiary/aromatic N) is 2. The number of carbonyl (C=O) groups is 1. The van der Waals surface area contributed by atoms with Crippen molar-refractivity contribution in [2.75, 3.05) is 27.2 Å². The van der Waals surface area contributed by atoms with Gasteiger partial charge in [-0.1, -0.05) is 24.3 Å². The molecule has 27 heavy (non-hydrogen) atoms. The molecule has 1 aromatic carbocycles. The Balaban J connectivity index is 1.47. The largest absolute Gasteiger partial charge is 0.467 e. The number of likely N-dealkylation sites (N-methyl/N-ethyl adjacent to an activating group) is 1. The van der Waals surface area contributed by atoms with Crippen molar-refractivity contribution in [3.63, 3.8) is 0 Å². The molecule has 0 bridgehead atoms. The van der Waals surface area contributed by atoms with E-state index in [1.165, 1.54) is 11.1 Å². The molecular weight excluding hydrogens is 342 g/mol. The maximum atomic E-state index is 12.5. The topological polar surface area (TPSA) is 69.0 Å². The van der Waals surface area contributed by atoms with Crippen LogP contribution in [0.15, 0.2) is 47.1 Å². The Labute approximate surface area is 159 Å². The second-order valence-electron chi connectivity index (χ2n) is 7.82. The number of furan rings is 1. The van der Waals surface area contributed by atoms with Crippen LogP contribution < -0.4 is 5.32 Å². The fraction of sp³-hybridized carbons (Fsp3) is 0.476. The molecule has 1 fully saturated rings. The van der Waals surface area contributed by atoms with Gasteiger partial charge in [0.2, 0.25) is 0 Å². The molecule has 2 aromatic rings. The SMILES string of the molecule is CN(C)[C@@H]1c2ccccc2C2(CCN(C(=O)NCc3ccco3)CC2)[C@H]1O. The van der Waals surface area contributed by atoms with Crippen molar-refractivity contribution in [1.82, 2.24) is 15.1 Å². The first-order valence-corrected chi connectivity index (χ1v) is 9.52. The summed E-state index contributed by atoms with van der Waals surface area (Å²) < 4.78 is 5.26. The van der Waals surface area contributed by atoms with Gasteiger partial charge in [-0.15, -0.1) is 0 Å². The number of hydrogen-bond acceptors (Lipinski definition) is 4. The number of urea groups is 1. The Hall–Kier alpha value is -2.31. The fourth-order valence-corrected chi connectivity index (χ4v) is 4.76. The third-order valence-electron chi connectivity index (χ3n) is 6.17. The Morgan fingerprint density at radius 2 is 2.00 bits per heavy atom. The zero-order valence-corrected chi connectivity index (χ0v) is 15.9. The maximum absolute atomic E-state index is 12.5. The van der Waals surface area contributed by atoms with Gasteiger partial charge in [0.1, 0.15) is 5.76 Å². The summed E-state index contributed by atoms with van der Waals surface area (Å²) in [6.07, 6.45) is 2.68. The van der Waals surface area contributed by atoms with E-state index in [0.29, 0.717) is 19.6 Å². The highest BCUT2D eigenvalue weighted by Gasteiger charge is 2.53. The van der Waals surface area contributed by atoms with Gasteiger partial charge in [-0.25, -0.2) is 4.79 Å². The van der Waals surface area contributed by atoms with Crippen LogP contribution in [0, 0.1) is 0 Å². The second-order valence-corrected chi connectivity index (χ2v) is 7.82. The fourth-order valence-electron chi connectivity index (χ4n) is 4.76. The highest BCUT2D eigenvalue weighted by Crippen LogP contribution is 2.52. The minimum Gasteiger partial charge on any atom is -0.467 e. The summed E-state index contributed by atoms with van der Waals surface area (Å²) in [5.74, 6) is 0.741. The quantitative estimate of drug-likeness (QED) is 0.872. The molecule has 144 valence electrons. The lowest BCUT2D eigenvalue weighted by Crippen LogP contribution is -2.52. The lowest BCUT2D eigenvalue weighted by atomic mass is 9.72. The molecule has 4 rings (SSSR count). The number of carbonyl (C=O) groups excluding carboxylic acids is 1. The van der Waals surface area contributed by atoms with Crippen LogP contribution >= 0.6 is 0 Å². The average molecular weight is 369 g/mol. The number of aliphatic hydroxyl groups is 1.